The van der Waals surface area contributed by atoms with Gasteiger partial charge in [-0.2, -0.15) is 0 Å². The van der Waals surface area contributed by atoms with Crippen molar-refractivity contribution in [3.8, 4) is 0 Å². The van der Waals surface area contributed by atoms with Crippen molar-refractivity contribution in [3.05, 3.63) is 71.7 Å². The summed E-state index contributed by atoms with van der Waals surface area (Å²) in [6, 6.07) is 2.09. The molecule has 0 heteroatoms. The van der Waals surface area contributed by atoms with Gasteiger partial charge in [-0.15, -0.1) is 13.2 Å². The topological polar surface area (TPSA) is 0 Å². The summed E-state index contributed by atoms with van der Waals surface area (Å²) >= 11 is 0. The van der Waals surface area contributed by atoms with Crippen LogP contribution in [0.3, 0.4) is 0 Å². The smallest absolute Gasteiger partial charge is 0.0230 e. The zero-order chi connectivity index (χ0) is 16.0. The average molecular weight is 258 g/mol. The van der Waals surface area contributed by atoms with E-state index in [1.54, 1.807) is 12.2 Å². The van der Waals surface area contributed by atoms with Gasteiger partial charge in [-0.05, 0) is 47.9 Å². The molecule has 0 saturated heterocycles. The van der Waals surface area contributed by atoms with Crippen molar-refractivity contribution in [1.82, 2.24) is 0 Å². The van der Waals surface area contributed by atoms with Crippen LogP contribution in [0.5, 0.6) is 0 Å². The maximum Gasteiger partial charge on any atom is -0.0230 e. The van der Waals surface area contributed by atoms with Crippen LogP contribution in [0, 0.1) is 20.8 Å². The zero-order valence-corrected chi connectivity index (χ0v) is 13.5. The first kappa shape index (κ1) is 22.4. The Kier molecular flexibility index (Phi) is 16.8. The number of rotatable bonds is 1. The third-order valence-corrected chi connectivity index (χ3v) is 2.55. The monoisotopic (exact) mass is 258 g/mol. The summed E-state index contributed by atoms with van der Waals surface area (Å²) in [5.74, 6) is 0. The Hall–Kier alpha value is -1.82. The van der Waals surface area contributed by atoms with Gasteiger partial charge < -0.3 is 0 Å². The van der Waals surface area contributed by atoms with Crippen molar-refractivity contribution in [2.24, 2.45) is 0 Å². The summed E-state index contributed by atoms with van der Waals surface area (Å²) in [7, 11) is 0. The highest BCUT2D eigenvalue weighted by Gasteiger charge is 1.96. The summed E-state index contributed by atoms with van der Waals surface area (Å²) in [6.07, 6.45) is 3.28. The second-order valence-corrected chi connectivity index (χ2v) is 3.55. The number of hydrogen-bond donors (Lipinski definition) is 0. The number of benzene rings is 1. The molecule has 0 aliphatic carbocycles. The van der Waals surface area contributed by atoms with E-state index in [9.17, 15) is 0 Å². The molecule has 0 nitrogen and oxygen atoms in total. The van der Waals surface area contributed by atoms with Gasteiger partial charge in [0, 0.05) is 0 Å². The van der Waals surface area contributed by atoms with Crippen LogP contribution in [0.1, 0.15) is 30.5 Å². The first-order valence-electron chi connectivity index (χ1n) is 6.43. The van der Waals surface area contributed by atoms with Crippen LogP contribution in [0.25, 0.3) is 13.2 Å². The van der Waals surface area contributed by atoms with Gasteiger partial charge in [0.05, 0.1) is 0 Å². The molecule has 1 rings (SSSR count). The van der Waals surface area contributed by atoms with E-state index in [0.29, 0.717) is 0 Å². The molecule has 0 amide bonds. The second-order valence-electron chi connectivity index (χ2n) is 3.55. The maximum absolute atomic E-state index is 3.96. The van der Waals surface area contributed by atoms with E-state index in [4.69, 9.17) is 0 Å². The number of aryl methyl sites for hydroxylation is 1. The second kappa shape index (κ2) is 14.2. The lowest BCUT2D eigenvalue weighted by molar-refractivity contribution is 1.22. The van der Waals surface area contributed by atoms with Gasteiger partial charge in [0.2, 0.25) is 0 Å². The van der Waals surface area contributed by atoms with Gasteiger partial charge in [0.1, 0.15) is 0 Å². The van der Waals surface area contributed by atoms with Crippen LogP contribution < -0.4 is 10.4 Å². The van der Waals surface area contributed by atoms with Crippen molar-refractivity contribution in [2.45, 2.75) is 34.6 Å². The summed E-state index contributed by atoms with van der Waals surface area (Å²) in [5, 5.41) is 2.12. The molecule has 0 aromatic heterocycles. The molecule has 0 aliphatic heterocycles. The number of allylic oxidation sites excluding steroid dienone is 2. The maximum atomic E-state index is 3.96. The third kappa shape index (κ3) is 8.84. The normalized spacial score (nSPS) is 7.42. The predicted molar refractivity (Wildman–Crippen MR) is 93.9 cm³/mol. The molecule has 19 heavy (non-hydrogen) atoms. The van der Waals surface area contributed by atoms with Crippen LogP contribution >= 0.6 is 0 Å². The van der Waals surface area contributed by atoms with Crippen LogP contribution in [0.2, 0.25) is 0 Å². The highest BCUT2D eigenvalue weighted by molar-refractivity contribution is 5.36. The van der Waals surface area contributed by atoms with E-state index in [2.05, 4.69) is 66.3 Å². The predicted octanol–water partition coefficient (Wildman–Crippen LogP) is 4.62. The fourth-order valence-electron chi connectivity index (χ4n) is 1.22. The van der Waals surface area contributed by atoms with E-state index in [0.717, 1.165) is 10.4 Å². The molecule has 0 N–H and O–H groups in total. The van der Waals surface area contributed by atoms with E-state index in [-0.39, 0.29) is 0 Å². The van der Waals surface area contributed by atoms with Crippen LogP contribution in [-0.2, 0) is 0 Å². The fourth-order valence-corrected chi connectivity index (χ4v) is 1.22. The average Bonchev–Trinajstić information content (AvgIpc) is 2.47. The Morgan fingerprint density at radius 2 is 1.21 bits per heavy atom. The molecule has 0 aliphatic rings. The Morgan fingerprint density at radius 1 is 0.842 bits per heavy atom. The van der Waals surface area contributed by atoms with Crippen molar-refractivity contribution in [1.29, 1.82) is 0 Å². The molecule has 0 fully saturated rings. The molecular formula is C19H30. The van der Waals surface area contributed by atoms with E-state index < -0.39 is 0 Å². The van der Waals surface area contributed by atoms with Crippen LogP contribution in [-0.4, -0.2) is 0 Å². The fraction of sp³-hybridized carbons (Fsp3) is 0.263. The molecule has 0 saturated carbocycles. The van der Waals surface area contributed by atoms with Crippen LogP contribution in [0.4, 0.5) is 0 Å². The Balaban J connectivity index is -0.000000271. The van der Waals surface area contributed by atoms with Crippen molar-refractivity contribution in [3.63, 3.8) is 0 Å². The minimum atomic E-state index is 1.05. The highest BCUT2D eigenvalue weighted by Crippen LogP contribution is 2.03. The van der Waals surface area contributed by atoms with Gasteiger partial charge in [-0.1, -0.05) is 58.4 Å². The van der Waals surface area contributed by atoms with Crippen molar-refractivity contribution >= 4 is 13.2 Å². The molecule has 106 valence electrons. The molecule has 0 spiro atoms. The molecule has 0 radical (unpaired) electrons. The summed E-state index contributed by atoms with van der Waals surface area (Å²) in [4.78, 5) is 0. The largest absolute Gasteiger partial charge is 0.106 e. The SMILES string of the molecule is C=C.C=CC=C.C=c1cc(C)c(C)c(C)c1=C.CC. The van der Waals surface area contributed by atoms with Crippen molar-refractivity contribution in [2.75, 3.05) is 0 Å². The van der Waals surface area contributed by atoms with Gasteiger partial charge in [0.25, 0.3) is 0 Å². The molecule has 0 atom stereocenters. The lowest BCUT2D eigenvalue weighted by Gasteiger charge is -2.04. The van der Waals surface area contributed by atoms with E-state index >= 15 is 0 Å². The quantitative estimate of drug-likeness (QED) is 0.509. The highest BCUT2D eigenvalue weighted by atomic mass is 14.0. The standard InChI is InChI=1S/C11H14.C4H6.C2H6.C2H4/c1-7-6-8(2)10(4)11(5)9(7)3;1-3-4-2;2*1-2/h6H,1,3H2,2,4-5H3;3-4H,1-2H2;1-2H3;1-2H2. The Labute approximate surface area is 120 Å². The summed E-state index contributed by atoms with van der Waals surface area (Å²) in [6.45, 7) is 30.9. The lowest BCUT2D eigenvalue weighted by atomic mass is 10.0. The summed E-state index contributed by atoms with van der Waals surface area (Å²) in [5.41, 5.74) is 3.91. The van der Waals surface area contributed by atoms with Gasteiger partial charge >= 0.3 is 0 Å². The first-order valence-corrected chi connectivity index (χ1v) is 6.43. The molecule has 1 aromatic carbocycles. The minimum Gasteiger partial charge on any atom is -0.106 e. The zero-order valence-electron chi connectivity index (χ0n) is 13.5. The van der Waals surface area contributed by atoms with E-state index in [1.807, 2.05) is 13.8 Å². The molecule has 0 bridgehead atoms. The molecule has 1 aromatic rings. The lowest BCUT2D eigenvalue weighted by Crippen LogP contribution is -2.25. The van der Waals surface area contributed by atoms with Gasteiger partial charge in [-0.25, -0.2) is 0 Å². The molecular weight excluding hydrogens is 228 g/mol. The van der Waals surface area contributed by atoms with Crippen molar-refractivity contribution < 1.29 is 0 Å². The van der Waals surface area contributed by atoms with Gasteiger partial charge in [0.15, 0.2) is 0 Å². The summed E-state index contributed by atoms with van der Waals surface area (Å²) < 4.78 is 0. The Morgan fingerprint density at radius 3 is 1.53 bits per heavy atom. The molecule has 0 unspecified atom stereocenters. The van der Waals surface area contributed by atoms with Crippen LogP contribution in [0.15, 0.2) is 44.5 Å². The first-order chi connectivity index (χ1) is 8.95. The molecule has 0 heterocycles. The van der Waals surface area contributed by atoms with E-state index in [1.165, 1.54) is 16.7 Å². The third-order valence-electron chi connectivity index (χ3n) is 2.55. The minimum absolute atomic E-state index is 1.05. The Bertz CT molecular complexity index is 458. The number of hydrogen-bond acceptors (Lipinski definition) is 0. The van der Waals surface area contributed by atoms with Gasteiger partial charge in [-0.3, -0.25) is 0 Å².